The molecule has 0 amide bonds. The van der Waals surface area contributed by atoms with Crippen LogP contribution in [0.15, 0.2) is 18.3 Å². The summed E-state index contributed by atoms with van der Waals surface area (Å²) in [6, 6.07) is 3.80. The lowest BCUT2D eigenvalue weighted by molar-refractivity contribution is 0.0820. The van der Waals surface area contributed by atoms with Gasteiger partial charge in [-0.25, -0.2) is 0 Å². The second kappa shape index (κ2) is 5.96. The van der Waals surface area contributed by atoms with Crippen molar-refractivity contribution in [3.63, 3.8) is 0 Å². The van der Waals surface area contributed by atoms with Gasteiger partial charge in [-0.15, -0.1) is 0 Å². The fraction of sp³-hybridized carbons (Fsp3) is 0.571. The number of aromatic nitrogens is 1. The average molecular weight is 248 g/mol. The fourth-order valence-electron chi connectivity index (χ4n) is 2.15. The lowest BCUT2D eigenvalue weighted by Crippen LogP contribution is -2.30. The molecule has 4 heteroatoms. The molecule has 98 valence electrons. The van der Waals surface area contributed by atoms with E-state index >= 15 is 0 Å². The minimum atomic E-state index is 0.0918. The maximum absolute atomic E-state index is 11.5. The predicted molar refractivity (Wildman–Crippen MR) is 71.1 cm³/mol. The van der Waals surface area contributed by atoms with Gasteiger partial charge < -0.3 is 9.64 Å². The number of ether oxygens (including phenoxy) is 1. The summed E-state index contributed by atoms with van der Waals surface area (Å²) >= 11 is 0. The summed E-state index contributed by atoms with van der Waals surface area (Å²) in [5.74, 6) is 0.0918. The summed E-state index contributed by atoms with van der Waals surface area (Å²) in [4.78, 5) is 18.0. The zero-order chi connectivity index (χ0) is 13.0. The van der Waals surface area contributed by atoms with Gasteiger partial charge in [-0.2, -0.15) is 0 Å². The van der Waals surface area contributed by atoms with E-state index in [1.165, 1.54) is 0 Å². The summed E-state index contributed by atoms with van der Waals surface area (Å²) in [5, 5.41) is 0. The van der Waals surface area contributed by atoms with E-state index in [-0.39, 0.29) is 11.9 Å². The number of anilines is 1. The lowest BCUT2D eigenvalue weighted by atomic mass is 10.2. The van der Waals surface area contributed by atoms with Gasteiger partial charge in [-0.3, -0.25) is 9.78 Å². The first-order valence-electron chi connectivity index (χ1n) is 6.56. The predicted octanol–water partition coefficient (Wildman–Crippen LogP) is 2.29. The van der Waals surface area contributed by atoms with Gasteiger partial charge in [0, 0.05) is 26.1 Å². The molecule has 1 aliphatic rings. The number of hydrogen-bond acceptors (Lipinski definition) is 4. The van der Waals surface area contributed by atoms with Crippen molar-refractivity contribution in [2.24, 2.45) is 0 Å². The fourth-order valence-corrected chi connectivity index (χ4v) is 2.15. The van der Waals surface area contributed by atoms with E-state index in [1.54, 1.807) is 6.20 Å². The molecule has 1 aromatic heterocycles. The van der Waals surface area contributed by atoms with Crippen LogP contribution >= 0.6 is 0 Å². The Balaban J connectivity index is 2.10. The van der Waals surface area contributed by atoms with E-state index in [9.17, 15) is 4.79 Å². The molecule has 0 saturated carbocycles. The Hall–Kier alpha value is -1.42. The Labute approximate surface area is 108 Å². The minimum absolute atomic E-state index is 0.0918. The summed E-state index contributed by atoms with van der Waals surface area (Å²) in [6.45, 7) is 6.61. The van der Waals surface area contributed by atoms with Crippen LogP contribution in [0.5, 0.6) is 0 Å². The summed E-state index contributed by atoms with van der Waals surface area (Å²) in [6.07, 6.45) is 3.56. The molecular formula is C14H20N2O2. The van der Waals surface area contributed by atoms with Crippen LogP contribution in [0.2, 0.25) is 0 Å². The third-order valence-corrected chi connectivity index (χ3v) is 3.17. The smallest absolute Gasteiger partial charge is 0.180 e. The van der Waals surface area contributed by atoms with Crippen LogP contribution in [0.4, 0.5) is 5.69 Å². The number of nitrogens with zero attached hydrogens (tertiary/aromatic N) is 2. The third-order valence-electron chi connectivity index (χ3n) is 3.17. The second-order valence-electron chi connectivity index (χ2n) is 4.66. The number of carbonyl (C=O) groups excluding carboxylic acids is 1. The number of hydrogen-bond donors (Lipinski definition) is 0. The second-order valence-corrected chi connectivity index (χ2v) is 4.66. The summed E-state index contributed by atoms with van der Waals surface area (Å²) < 4.78 is 5.62. The summed E-state index contributed by atoms with van der Waals surface area (Å²) in [7, 11) is 0. The Morgan fingerprint density at radius 3 is 3.06 bits per heavy atom. The van der Waals surface area contributed by atoms with E-state index in [4.69, 9.17) is 4.74 Å². The molecule has 0 aromatic carbocycles. The molecule has 1 fully saturated rings. The highest BCUT2D eigenvalue weighted by Crippen LogP contribution is 2.17. The van der Waals surface area contributed by atoms with Crippen molar-refractivity contribution >= 4 is 11.5 Å². The van der Waals surface area contributed by atoms with Crippen LogP contribution in [0, 0.1) is 0 Å². The van der Waals surface area contributed by atoms with Gasteiger partial charge in [0.1, 0.15) is 5.69 Å². The maximum atomic E-state index is 11.5. The van der Waals surface area contributed by atoms with E-state index in [0.717, 1.165) is 31.8 Å². The molecule has 1 aliphatic heterocycles. The number of carbonyl (C=O) groups is 1. The molecule has 1 unspecified atom stereocenters. The van der Waals surface area contributed by atoms with Gasteiger partial charge in [-0.05, 0) is 25.5 Å². The topological polar surface area (TPSA) is 42.4 Å². The van der Waals surface area contributed by atoms with Crippen LogP contribution in [0.1, 0.15) is 37.2 Å². The molecule has 1 saturated heterocycles. The first-order valence-corrected chi connectivity index (χ1v) is 6.56. The zero-order valence-corrected chi connectivity index (χ0v) is 11.1. The maximum Gasteiger partial charge on any atom is 0.180 e. The Bertz CT molecular complexity index is 403. The molecular weight excluding hydrogens is 228 g/mol. The zero-order valence-electron chi connectivity index (χ0n) is 11.1. The third kappa shape index (κ3) is 3.07. The quantitative estimate of drug-likeness (QED) is 0.770. The van der Waals surface area contributed by atoms with Gasteiger partial charge in [0.05, 0.1) is 18.0 Å². The molecule has 18 heavy (non-hydrogen) atoms. The van der Waals surface area contributed by atoms with Crippen molar-refractivity contribution in [1.29, 1.82) is 0 Å². The molecule has 0 bridgehead atoms. The first-order chi connectivity index (χ1) is 8.70. The lowest BCUT2D eigenvalue weighted by Gasteiger charge is -2.23. The highest BCUT2D eigenvalue weighted by molar-refractivity contribution is 5.94. The monoisotopic (exact) mass is 248 g/mol. The Morgan fingerprint density at radius 1 is 1.56 bits per heavy atom. The van der Waals surface area contributed by atoms with Crippen molar-refractivity contribution < 1.29 is 9.53 Å². The molecule has 4 nitrogen and oxygen atoms in total. The highest BCUT2D eigenvalue weighted by Gasteiger charge is 2.16. The van der Waals surface area contributed by atoms with Crippen LogP contribution in [-0.2, 0) is 4.74 Å². The molecule has 0 aliphatic carbocycles. The molecule has 1 aromatic rings. The molecule has 1 atom stereocenters. The number of Topliss-reactive ketones (excluding diaryl/α,β-unsaturated/α-hetero) is 1. The van der Waals surface area contributed by atoms with Crippen LogP contribution < -0.4 is 4.90 Å². The molecule has 0 spiro atoms. The molecule has 0 radical (unpaired) electrons. The average Bonchev–Trinajstić information content (AvgIpc) is 2.63. The van der Waals surface area contributed by atoms with E-state index in [0.29, 0.717) is 12.1 Å². The number of rotatable bonds is 3. The molecule has 2 rings (SSSR count). The van der Waals surface area contributed by atoms with Crippen molar-refractivity contribution in [3.05, 3.63) is 24.0 Å². The molecule has 0 N–H and O–H groups in total. The summed E-state index contributed by atoms with van der Waals surface area (Å²) in [5.41, 5.74) is 1.63. The van der Waals surface area contributed by atoms with Gasteiger partial charge >= 0.3 is 0 Å². The van der Waals surface area contributed by atoms with Crippen molar-refractivity contribution in [2.45, 2.75) is 32.8 Å². The Morgan fingerprint density at radius 2 is 2.39 bits per heavy atom. The normalized spacial score (nSPS) is 20.6. The van der Waals surface area contributed by atoms with E-state index in [2.05, 4.69) is 16.8 Å². The highest BCUT2D eigenvalue weighted by atomic mass is 16.5. The van der Waals surface area contributed by atoms with Gasteiger partial charge in [-0.1, -0.05) is 6.92 Å². The van der Waals surface area contributed by atoms with E-state index < -0.39 is 0 Å². The van der Waals surface area contributed by atoms with Crippen LogP contribution in [0.25, 0.3) is 0 Å². The van der Waals surface area contributed by atoms with Crippen LogP contribution in [-0.4, -0.2) is 36.6 Å². The van der Waals surface area contributed by atoms with Gasteiger partial charge in [0.15, 0.2) is 5.78 Å². The SMILES string of the molecule is CCC(=O)c1ccc(N2CCCOC(C)C2)cn1. The molecule has 2 heterocycles. The number of pyridine rings is 1. The minimum Gasteiger partial charge on any atom is -0.377 e. The van der Waals surface area contributed by atoms with Crippen LogP contribution in [0.3, 0.4) is 0 Å². The van der Waals surface area contributed by atoms with Crippen molar-refractivity contribution in [1.82, 2.24) is 4.98 Å². The standard InChI is InChI=1S/C14H20N2O2/c1-3-14(17)13-6-5-12(9-15-13)16-7-4-8-18-11(2)10-16/h5-6,9,11H,3-4,7-8,10H2,1-2H3. The van der Waals surface area contributed by atoms with E-state index in [1.807, 2.05) is 19.1 Å². The van der Waals surface area contributed by atoms with Crippen molar-refractivity contribution in [2.75, 3.05) is 24.6 Å². The Kier molecular flexibility index (Phi) is 4.31. The largest absolute Gasteiger partial charge is 0.377 e. The van der Waals surface area contributed by atoms with Crippen molar-refractivity contribution in [3.8, 4) is 0 Å². The number of ketones is 1. The first kappa shape index (κ1) is 13.0. The van der Waals surface area contributed by atoms with Gasteiger partial charge in [0.2, 0.25) is 0 Å². The van der Waals surface area contributed by atoms with Gasteiger partial charge in [0.25, 0.3) is 0 Å².